The molecule has 0 amide bonds. The van der Waals surface area contributed by atoms with Crippen LogP contribution in [0, 0.1) is 18.8 Å². The van der Waals surface area contributed by atoms with E-state index in [-0.39, 0.29) is 11.5 Å². The zero-order valence-electron chi connectivity index (χ0n) is 9.27. The fourth-order valence-electron chi connectivity index (χ4n) is 1.41. The minimum atomic E-state index is -0.129. The van der Waals surface area contributed by atoms with Crippen LogP contribution in [0.25, 0.3) is 0 Å². The van der Waals surface area contributed by atoms with Crippen LogP contribution in [0.4, 0.5) is 0 Å². The lowest BCUT2D eigenvalue weighted by atomic mass is 10.4. The van der Waals surface area contributed by atoms with Crippen LogP contribution in [0.1, 0.15) is 15.4 Å². The predicted octanol–water partition coefficient (Wildman–Crippen LogP) is 1.67. The smallest absolute Gasteiger partial charge is 0.307 e. The van der Waals surface area contributed by atoms with Crippen molar-refractivity contribution in [2.45, 2.75) is 13.5 Å². The molecule has 2 heterocycles. The zero-order valence-corrected chi connectivity index (χ0v) is 10.9. The number of aromatic nitrogens is 1. The van der Waals surface area contributed by atoms with Crippen molar-refractivity contribution in [3.8, 4) is 11.8 Å². The number of rotatable bonds is 2. The molecule has 2 rings (SSSR count). The molecule has 2 aromatic heterocycles. The summed E-state index contributed by atoms with van der Waals surface area (Å²) < 4.78 is 1.75. The highest BCUT2D eigenvalue weighted by atomic mass is 32.1. The summed E-state index contributed by atoms with van der Waals surface area (Å²) in [6, 6.07) is 3.88. The molecule has 0 bridgehead atoms. The van der Waals surface area contributed by atoms with Crippen molar-refractivity contribution >= 4 is 22.7 Å². The van der Waals surface area contributed by atoms with Gasteiger partial charge in [0.05, 0.1) is 11.4 Å². The predicted molar refractivity (Wildman–Crippen MR) is 70.7 cm³/mol. The minimum Gasteiger partial charge on any atom is -0.384 e. The Labute approximate surface area is 107 Å². The van der Waals surface area contributed by atoms with Crippen LogP contribution in [0.15, 0.2) is 22.3 Å². The van der Waals surface area contributed by atoms with Crippen LogP contribution >= 0.6 is 22.7 Å². The number of nitrogens with zero attached hydrogens (tertiary/aromatic N) is 1. The van der Waals surface area contributed by atoms with Crippen LogP contribution in [-0.4, -0.2) is 16.3 Å². The average molecular weight is 265 g/mol. The van der Waals surface area contributed by atoms with E-state index in [0.29, 0.717) is 6.54 Å². The molecule has 0 atom stereocenters. The van der Waals surface area contributed by atoms with Gasteiger partial charge in [0.25, 0.3) is 0 Å². The van der Waals surface area contributed by atoms with Crippen molar-refractivity contribution in [3.63, 3.8) is 0 Å². The molecule has 0 spiro atoms. The summed E-state index contributed by atoms with van der Waals surface area (Å²) >= 11 is 2.77. The highest BCUT2D eigenvalue weighted by molar-refractivity contribution is 7.12. The lowest BCUT2D eigenvalue weighted by Crippen LogP contribution is -2.14. The summed E-state index contributed by atoms with van der Waals surface area (Å²) in [7, 11) is 0. The third kappa shape index (κ3) is 2.86. The molecule has 0 fully saturated rings. The molecule has 88 valence electrons. The Balaban J connectivity index is 2.20. The van der Waals surface area contributed by atoms with Crippen molar-refractivity contribution in [3.05, 3.63) is 42.6 Å². The van der Waals surface area contributed by atoms with E-state index in [1.807, 2.05) is 24.4 Å². The number of aliphatic hydroxyl groups excluding tert-OH is 1. The Kier molecular flexibility index (Phi) is 3.79. The van der Waals surface area contributed by atoms with E-state index in [1.165, 1.54) is 11.3 Å². The minimum absolute atomic E-state index is 0.0684. The monoisotopic (exact) mass is 265 g/mol. The molecule has 3 nitrogen and oxygen atoms in total. The number of thiophene rings is 1. The third-order valence-corrected chi connectivity index (χ3v) is 4.11. The topological polar surface area (TPSA) is 42.2 Å². The molecule has 5 heteroatoms. The van der Waals surface area contributed by atoms with E-state index in [0.717, 1.165) is 15.4 Å². The Bertz CT molecular complexity index is 625. The fraction of sp³-hybridized carbons (Fsp3) is 0.250. The second-order valence-electron chi connectivity index (χ2n) is 3.45. The molecule has 0 radical (unpaired) electrons. The number of aryl methyl sites for hydroxylation is 1. The molecular weight excluding hydrogens is 254 g/mol. The van der Waals surface area contributed by atoms with Crippen LogP contribution in [-0.2, 0) is 6.54 Å². The second kappa shape index (κ2) is 5.32. The summed E-state index contributed by atoms with van der Waals surface area (Å²) in [6.07, 6.45) is 0. The van der Waals surface area contributed by atoms with Gasteiger partial charge in [-0.2, -0.15) is 0 Å². The van der Waals surface area contributed by atoms with Gasteiger partial charge in [0.2, 0.25) is 0 Å². The molecule has 0 unspecified atom stereocenters. The number of thiazole rings is 1. The maximum Gasteiger partial charge on any atom is 0.307 e. The molecule has 0 saturated carbocycles. The van der Waals surface area contributed by atoms with Gasteiger partial charge in [-0.25, -0.2) is 0 Å². The lowest BCUT2D eigenvalue weighted by molar-refractivity contribution is 0.350. The Morgan fingerprint density at radius 2 is 2.29 bits per heavy atom. The Hall–Kier alpha value is -1.35. The largest absolute Gasteiger partial charge is 0.384 e. The quantitative estimate of drug-likeness (QED) is 0.839. The number of hydrogen-bond acceptors (Lipinski definition) is 4. The van der Waals surface area contributed by atoms with Crippen molar-refractivity contribution in [2.75, 3.05) is 6.61 Å². The van der Waals surface area contributed by atoms with Gasteiger partial charge in [0.1, 0.15) is 6.61 Å². The first-order chi connectivity index (χ1) is 8.20. The van der Waals surface area contributed by atoms with Gasteiger partial charge in [0, 0.05) is 16.0 Å². The summed E-state index contributed by atoms with van der Waals surface area (Å²) in [5.74, 6) is 5.47. The maximum atomic E-state index is 11.5. The van der Waals surface area contributed by atoms with Crippen LogP contribution in [0.2, 0.25) is 0 Å². The van der Waals surface area contributed by atoms with E-state index in [9.17, 15) is 4.79 Å². The van der Waals surface area contributed by atoms with Crippen molar-refractivity contribution in [1.82, 2.24) is 4.57 Å². The molecule has 0 aliphatic heterocycles. The molecule has 0 aliphatic carbocycles. The van der Waals surface area contributed by atoms with Crippen LogP contribution < -0.4 is 4.87 Å². The highest BCUT2D eigenvalue weighted by Gasteiger charge is 2.05. The Morgan fingerprint density at radius 3 is 2.94 bits per heavy atom. The first kappa shape index (κ1) is 12.1. The molecule has 2 aromatic rings. The van der Waals surface area contributed by atoms with Gasteiger partial charge >= 0.3 is 4.87 Å². The molecule has 17 heavy (non-hydrogen) atoms. The van der Waals surface area contributed by atoms with E-state index < -0.39 is 0 Å². The van der Waals surface area contributed by atoms with Gasteiger partial charge in [-0.3, -0.25) is 9.36 Å². The van der Waals surface area contributed by atoms with E-state index in [2.05, 4.69) is 11.8 Å². The summed E-state index contributed by atoms with van der Waals surface area (Å²) in [4.78, 5) is 13.6. The molecule has 0 aromatic carbocycles. The van der Waals surface area contributed by atoms with Gasteiger partial charge in [-0.1, -0.05) is 23.2 Å². The number of aliphatic hydroxyl groups is 1. The Morgan fingerprint density at radius 1 is 1.47 bits per heavy atom. The molecule has 0 saturated heterocycles. The van der Waals surface area contributed by atoms with Crippen LogP contribution in [0.3, 0.4) is 0 Å². The highest BCUT2D eigenvalue weighted by Crippen LogP contribution is 2.17. The number of hydrogen-bond donors (Lipinski definition) is 1. The van der Waals surface area contributed by atoms with E-state index in [1.54, 1.807) is 15.9 Å². The lowest BCUT2D eigenvalue weighted by Gasteiger charge is -2.00. The van der Waals surface area contributed by atoms with Crippen molar-refractivity contribution in [2.24, 2.45) is 0 Å². The molecule has 0 aliphatic rings. The SMILES string of the molecule is Cc1csc(=O)n1Cc1ccc(C#CCO)s1. The zero-order chi connectivity index (χ0) is 12.3. The van der Waals surface area contributed by atoms with E-state index >= 15 is 0 Å². The van der Waals surface area contributed by atoms with Gasteiger partial charge in [-0.15, -0.1) is 11.3 Å². The second-order valence-corrected chi connectivity index (χ2v) is 5.44. The average Bonchev–Trinajstić information content (AvgIpc) is 2.88. The summed E-state index contributed by atoms with van der Waals surface area (Å²) in [6.45, 7) is 2.40. The summed E-state index contributed by atoms with van der Waals surface area (Å²) in [5.41, 5.74) is 0.983. The van der Waals surface area contributed by atoms with Gasteiger partial charge in [0.15, 0.2) is 0 Å². The summed E-state index contributed by atoms with van der Waals surface area (Å²) in [5, 5.41) is 10.5. The fourth-order valence-corrected chi connectivity index (χ4v) is 3.01. The van der Waals surface area contributed by atoms with E-state index in [4.69, 9.17) is 5.11 Å². The first-order valence-electron chi connectivity index (χ1n) is 5.04. The molecular formula is C12H11NO2S2. The van der Waals surface area contributed by atoms with Crippen molar-refractivity contribution < 1.29 is 5.11 Å². The van der Waals surface area contributed by atoms with Gasteiger partial charge < -0.3 is 5.11 Å². The van der Waals surface area contributed by atoms with Crippen LogP contribution in [0.5, 0.6) is 0 Å². The first-order valence-corrected chi connectivity index (χ1v) is 6.73. The normalized spacial score (nSPS) is 10.0. The molecule has 1 N–H and O–H groups in total. The standard InChI is InChI=1S/C12H11NO2S2/c1-9-8-16-12(15)13(9)7-11-5-4-10(17-11)3-2-6-14/h4-5,8,14H,6-7H2,1H3. The van der Waals surface area contributed by atoms with Crippen molar-refractivity contribution in [1.29, 1.82) is 0 Å². The maximum absolute atomic E-state index is 11.5. The third-order valence-electron chi connectivity index (χ3n) is 2.24. The van der Waals surface area contributed by atoms with Gasteiger partial charge in [-0.05, 0) is 19.1 Å².